The summed E-state index contributed by atoms with van der Waals surface area (Å²) in [4.78, 5) is 116. The Morgan fingerprint density at radius 2 is 0.832 bits per heavy atom. The molecule has 24 atom stereocenters. The number of carbonyl (C=O) groups is 9. The quantitative estimate of drug-likeness (QED) is 0.110. The fraction of sp³-hybridized carbons (Fsp3) is 0.707. The highest BCUT2D eigenvalue weighted by Crippen LogP contribution is 2.72. The number of aliphatic hydroxyl groups is 8. The van der Waals surface area contributed by atoms with Crippen molar-refractivity contribution in [2.24, 2.45) is 114 Å². The van der Waals surface area contributed by atoms with Crippen LogP contribution >= 0.6 is 0 Å². The maximum Gasteiger partial charge on any atom is 0.190 e. The molecule has 2 aromatic heterocycles. The maximum atomic E-state index is 13.7. The topological polar surface area (TPSA) is 351 Å². The maximum absolute atomic E-state index is 13.7. The highest BCUT2D eigenvalue weighted by molar-refractivity contribution is 6.02. The molecule has 0 radical (unpaired) electrons. The second kappa shape index (κ2) is 28.1. The zero-order chi connectivity index (χ0) is 81.5. The summed E-state index contributed by atoms with van der Waals surface area (Å²) in [6.07, 6.45) is 34.2. The van der Waals surface area contributed by atoms with Crippen molar-refractivity contribution >= 4 is 64.2 Å². The lowest BCUT2D eigenvalue weighted by atomic mass is 9.45. The van der Waals surface area contributed by atoms with Gasteiger partial charge in [-0.15, -0.1) is 0 Å². The number of allylic oxidation sites excluding steroid dienone is 10. The van der Waals surface area contributed by atoms with Gasteiger partial charge in [0.1, 0.15) is 72.0 Å². The van der Waals surface area contributed by atoms with Crippen molar-refractivity contribution in [3.63, 3.8) is 0 Å². The number of rotatable bonds is 10. The van der Waals surface area contributed by atoms with E-state index >= 15 is 0 Å². The van der Waals surface area contributed by atoms with E-state index in [1.807, 2.05) is 56.3 Å². The molecule has 2 heterocycles. The Kier molecular flexibility index (Phi) is 20.3. The highest BCUT2D eigenvalue weighted by atomic mass is 16.3. The fourth-order valence-corrected chi connectivity index (χ4v) is 29.4. The molecule has 18 rings (SSSR count). The molecule has 16 aliphatic carbocycles. The Morgan fingerprint density at radius 1 is 0.451 bits per heavy atom. The number of fused-ring (bicyclic) bond motifs is 22. The van der Waals surface area contributed by atoms with Crippen LogP contribution in [0.25, 0.3) is 12.2 Å². The molecule has 612 valence electrons. The van der Waals surface area contributed by atoms with E-state index in [-0.39, 0.29) is 142 Å². The van der Waals surface area contributed by atoms with Crippen LogP contribution < -0.4 is 0 Å². The van der Waals surface area contributed by atoms with E-state index in [9.17, 15) is 84.0 Å². The van der Waals surface area contributed by atoms with Crippen LogP contribution in [0, 0.1) is 114 Å². The summed E-state index contributed by atoms with van der Waals surface area (Å²) in [5.41, 5.74) is 0.662. The number of nitrogens with zero attached hydrogens (tertiary/aromatic N) is 4. The van der Waals surface area contributed by atoms with Crippen LogP contribution in [-0.2, 0) is 69.1 Å². The summed E-state index contributed by atoms with van der Waals surface area (Å²) in [6, 6.07) is 0. The average Bonchev–Trinajstić information content (AvgIpc) is 1.63. The number of aliphatic hydroxyl groups excluding tert-OH is 4. The van der Waals surface area contributed by atoms with Gasteiger partial charge in [0.05, 0.1) is 17.6 Å². The van der Waals surface area contributed by atoms with E-state index in [0.717, 1.165) is 121 Å². The van der Waals surface area contributed by atoms with E-state index < -0.39 is 99.0 Å². The van der Waals surface area contributed by atoms with Crippen LogP contribution in [0.3, 0.4) is 0 Å². The lowest BCUT2D eigenvalue weighted by Crippen LogP contribution is -2.61. The molecule has 0 saturated heterocycles. The highest BCUT2D eigenvalue weighted by Gasteiger charge is 2.73. The minimum atomic E-state index is -1.62. The molecule has 12 fully saturated rings. The Hall–Kier alpha value is -6.43. The van der Waals surface area contributed by atoms with E-state index in [0.29, 0.717) is 32.1 Å². The standard InChI is InChI=1S/2C24H32N2O4.C23H32O4.C21H26O5/c1-4-26-12-14-10-22(2)15(9-18(14)25-26)5-6-16-17-7-8-24(30,20(29)13-27)23(17,3)11-19(28)21(16)22;1-4-26-18-9-15-5-6-16-17-7-8-24(30,20(29)13-27)23(17,3)11-19(28)21(16)22(15,2)10-14(18)12-25-26;1-4-14-7-9-21(2)15(11-14)5-6-16-17-8-10-23(27,19(26)13-24)22(17,3)12-18(25)20(16)21;1-19-7-5-13(23)9-12(19)3-4-14-15-6-8-21(26,17(25)11-22)20(15,2)10-16(24)18(14)19/h2*9,12,16-17,21,27,30H,4-8,10-11,13H2,1-3H3;4,11,16-17,20,24,27H,5-10,12-13H2,1-3H3;5,7,9,14-15,18,22,26H,3-4,6,8,10-11H2,1-2H3/b;;14-4+;/t2*16-,17-,21+,22-,23-,24-;16-,17-,20+,21-,22-,23-;14-,15-,18+,19-,20-,21-/m0000/s1. The molecule has 21 nitrogen and oxygen atoms in total. The van der Waals surface area contributed by atoms with Crippen LogP contribution in [0.1, 0.15) is 240 Å². The van der Waals surface area contributed by atoms with Crippen molar-refractivity contribution in [2.75, 3.05) is 26.4 Å². The Labute approximate surface area is 664 Å². The number of aryl methyl sites for hydroxylation is 2. The van der Waals surface area contributed by atoms with Gasteiger partial charge in [0.25, 0.3) is 0 Å². The first-order valence-electron chi connectivity index (χ1n) is 42.7. The molecule has 0 aliphatic heterocycles. The summed E-state index contributed by atoms with van der Waals surface area (Å²) >= 11 is 0. The largest absolute Gasteiger partial charge is 0.388 e. The van der Waals surface area contributed by atoms with Gasteiger partial charge in [0, 0.05) is 107 Å². The van der Waals surface area contributed by atoms with Gasteiger partial charge >= 0.3 is 0 Å². The minimum absolute atomic E-state index is 0.000518. The molecular weight excluding hydrogens is 1430 g/mol. The van der Waals surface area contributed by atoms with Crippen molar-refractivity contribution in [1.29, 1.82) is 0 Å². The number of carbonyl (C=O) groups excluding carboxylic acids is 9. The van der Waals surface area contributed by atoms with Gasteiger partial charge in [-0.05, 0) is 237 Å². The normalized spacial score (nSPS) is 44.6. The van der Waals surface area contributed by atoms with Crippen LogP contribution in [0.15, 0.2) is 70.6 Å². The molecule has 21 heteroatoms. The summed E-state index contributed by atoms with van der Waals surface area (Å²) in [7, 11) is 0. The Morgan fingerprint density at radius 3 is 1.24 bits per heavy atom. The third-order valence-corrected chi connectivity index (χ3v) is 35.4. The van der Waals surface area contributed by atoms with Crippen molar-refractivity contribution in [1.82, 2.24) is 19.6 Å². The van der Waals surface area contributed by atoms with Crippen molar-refractivity contribution in [3.05, 3.63) is 93.2 Å². The first-order chi connectivity index (χ1) is 53.2. The van der Waals surface area contributed by atoms with Crippen LogP contribution in [0.4, 0.5) is 0 Å². The fourth-order valence-electron chi connectivity index (χ4n) is 29.4. The lowest BCUT2D eigenvalue weighted by Gasteiger charge is -2.58. The number of aromatic nitrogens is 4. The van der Waals surface area contributed by atoms with Gasteiger partial charge in [-0.3, -0.25) is 52.5 Å². The van der Waals surface area contributed by atoms with Crippen molar-refractivity contribution in [2.45, 2.75) is 266 Å². The number of hydrogen-bond donors (Lipinski definition) is 8. The lowest BCUT2D eigenvalue weighted by molar-refractivity contribution is -0.170. The minimum Gasteiger partial charge on any atom is -0.388 e. The third-order valence-electron chi connectivity index (χ3n) is 35.4. The molecule has 0 unspecified atom stereocenters. The molecule has 0 aromatic carbocycles. The SMILES string of the molecule is C/C=C1/C=C2CC[C@@H]3[C@H](C(=O)C[C@@]4(C)[C@H]3CC[C@]4(O)C(=O)CO)[C@@]2(C)CC1.CCn1cc2c(n1)C=C1CC[C@@H]3[C@H](C(=O)C[C@@]4(C)[C@H]3CC[C@]4(O)C(=O)CO)[C@@]1(C)C2.CCn1ncc2c1C=C1CC[C@@H]3[C@H](C(=O)C[C@@]4(C)[C@H]3CC[C@]4(O)C(=O)CO)[C@@]1(C)C2.C[C@]12C=CC(=O)C=C1CC[C@@H]1[C@@H]2C(=O)C[C@@]2(C)[C@H]1CC[C@]2(O)C(=O)CO. The third kappa shape index (κ3) is 11.4. The number of ketones is 9. The van der Waals surface area contributed by atoms with Crippen LogP contribution in [0.2, 0.25) is 0 Å². The second-order valence-corrected chi connectivity index (χ2v) is 39.7. The average molecular weight is 1560 g/mol. The molecule has 0 spiro atoms. The predicted molar refractivity (Wildman–Crippen MR) is 420 cm³/mol. The van der Waals surface area contributed by atoms with E-state index in [1.165, 1.54) is 39.1 Å². The van der Waals surface area contributed by atoms with Gasteiger partial charge in [-0.1, -0.05) is 101 Å². The first kappa shape index (κ1) is 81.7. The summed E-state index contributed by atoms with van der Waals surface area (Å²) in [6.45, 7) is 21.6. The molecule has 113 heavy (non-hydrogen) atoms. The van der Waals surface area contributed by atoms with E-state index in [4.69, 9.17) is 0 Å². The van der Waals surface area contributed by atoms with Gasteiger partial charge in [0.2, 0.25) is 0 Å². The van der Waals surface area contributed by atoms with Crippen molar-refractivity contribution in [3.8, 4) is 0 Å². The molecule has 0 bridgehead atoms. The first-order valence-corrected chi connectivity index (χ1v) is 42.7. The summed E-state index contributed by atoms with van der Waals surface area (Å²) in [5, 5.41) is 91.8. The zero-order valence-corrected chi connectivity index (χ0v) is 68.4. The Bertz CT molecular complexity index is 4570. The zero-order valence-electron chi connectivity index (χ0n) is 68.4. The second-order valence-electron chi connectivity index (χ2n) is 39.7. The van der Waals surface area contributed by atoms with Gasteiger partial charge < -0.3 is 40.9 Å². The van der Waals surface area contributed by atoms with Crippen LogP contribution in [-0.4, -0.2) is 161 Å². The Balaban J connectivity index is 0.000000119. The van der Waals surface area contributed by atoms with Gasteiger partial charge in [0.15, 0.2) is 28.9 Å². The summed E-state index contributed by atoms with van der Waals surface area (Å²) in [5.74, 6) is -0.804. The molecular formula is C92H122N4O17. The number of hydrogen-bond acceptors (Lipinski definition) is 19. The van der Waals surface area contributed by atoms with E-state index in [2.05, 4.69) is 82.2 Å². The molecule has 16 aliphatic rings. The molecule has 0 amide bonds. The molecule has 12 saturated carbocycles. The van der Waals surface area contributed by atoms with Gasteiger partial charge in [-0.2, -0.15) is 10.2 Å². The van der Waals surface area contributed by atoms with Gasteiger partial charge in [-0.25, -0.2) is 0 Å². The molecule has 8 N–H and O–H groups in total. The smallest absolute Gasteiger partial charge is 0.190 e. The van der Waals surface area contributed by atoms with Crippen molar-refractivity contribution < 1.29 is 84.0 Å². The van der Waals surface area contributed by atoms with E-state index in [1.54, 1.807) is 12.2 Å². The number of Topliss-reactive ketones (excluding diaryl/α,β-unsaturated/α-hetero) is 8. The van der Waals surface area contributed by atoms with Crippen LogP contribution in [0.5, 0.6) is 0 Å². The predicted octanol–water partition coefficient (Wildman–Crippen LogP) is 10.2. The molecule has 2 aromatic rings. The summed E-state index contributed by atoms with van der Waals surface area (Å²) < 4.78 is 4.00. The monoisotopic (exact) mass is 1550 g/mol.